The van der Waals surface area contributed by atoms with E-state index in [1.165, 1.54) is 23.5 Å². The Bertz CT molecular complexity index is 1260. The molecule has 0 fully saturated rings. The lowest BCUT2D eigenvalue weighted by Gasteiger charge is -2.19. The summed E-state index contributed by atoms with van der Waals surface area (Å²) in [5.74, 6) is 6.13. The zero-order valence-corrected chi connectivity index (χ0v) is 23.7. The Balaban J connectivity index is 1.82. The molecule has 5 nitrogen and oxygen atoms in total. The third-order valence-corrected chi connectivity index (χ3v) is 8.58. The van der Waals surface area contributed by atoms with E-state index in [9.17, 15) is 18.0 Å². The Morgan fingerprint density at radius 2 is 1.71 bits per heavy atom. The summed E-state index contributed by atoms with van der Waals surface area (Å²) in [6.07, 6.45) is -3.43. The molecule has 2 aromatic carbocycles. The van der Waals surface area contributed by atoms with Crippen LogP contribution in [-0.4, -0.2) is 25.3 Å². The van der Waals surface area contributed by atoms with Crippen LogP contribution in [0.1, 0.15) is 56.8 Å². The van der Waals surface area contributed by atoms with Gasteiger partial charge in [-0.2, -0.15) is 13.2 Å². The van der Waals surface area contributed by atoms with E-state index < -0.39 is 11.7 Å². The highest BCUT2D eigenvalue weighted by atomic mass is 32.2. The van der Waals surface area contributed by atoms with Crippen LogP contribution in [0.3, 0.4) is 0 Å². The van der Waals surface area contributed by atoms with Crippen LogP contribution < -0.4 is 16.6 Å². The molecule has 1 amide bonds. The van der Waals surface area contributed by atoms with Gasteiger partial charge in [0.1, 0.15) is 5.84 Å². The van der Waals surface area contributed by atoms with Crippen molar-refractivity contribution in [1.82, 2.24) is 10.7 Å². The number of thiophene rings is 1. The molecule has 1 unspecified atom stereocenters. The first kappa shape index (κ1) is 29.7. The van der Waals surface area contributed by atoms with Gasteiger partial charge in [-0.15, -0.1) is 23.1 Å². The number of hydrogen-bond donors (Lipinski definition) is 3. The molecule has 204 valence electrons. The van der Waals surface area contributed by atoms with Crippen molar-refractivity contribution in [2.24, 2.45) is 16.8 Å². The van der Waals surface area contributed by atoms with Gasteiger partial charge < -0.3 is 10.7 Å². The summed E-state index contributed by atoms with van der Waals surface area (Å²) in [7, 11) is 1.60. The van der Waals surface area contributed by atoms with Gasteiger partial charge in [0.2, 0.25) is 0 Å². The second kappa shape index (κ2) is 12.8. The van der Waals surface area contributed by atoms with Crippen LogP contribution >= 0.6 is 23.1 Å². The lowest BCUT2D eigenvalue weighted by Crippen LogP contribution is -2.40. The van der Waals surface area contributed by atoms with E-state index in [0.717, 1.165) is 50.6 Å². The number of rotatable bonds is 9. The largest absolute Gasteiger partial charge is 0.416 e. The van der Waals surface area contributed by atoms with Crippen LogP contribution in [0.5, 0.6) is 0 Å². The maximum Gasteiger partial charge on any atom is 0.416 e. The van der Waals surface area contributed by atoms with Crippen molar-refractivity contribution < 1.29 is 18.0 Å². The second-order valence-electron chi connectivity index (χ2n) is 9.44. The van der Waals surface area contributed by atoms with Crippen LogP contribution in [0.4, 0.5) is 13.2 Å². The summed E-state index contributed by atoms with van der Waals surface area (Å²) in [5, 5.41) is 2.97. The summed E-state index contributed by atoms with van der Waals surface area (Å²) < 4.78 is 39.0. The molecule has 1 aromatic heterocycles. The molecule has 10 heteroatoms. The zero-order valence-electron chi connectivity index (χ0n) is 22.1. The lowest BCUT2D eigenvalue weighted by molar-refractivity contribution is -0.137. The van der Waals surface area contributed by atoms with Crippen molar-refractivity contribution in [3.05, 3.63) is 75.0 Å². The molecule has 38 heavy (non-hydrogen) atoms. The molecule has 0 aliphatic heterocycles. The molecule has 3 aromatic rings. The second-order valence-corrected chi connectivity index (χ2v) is 11.8. The van der Waals surface area contributed by atoms with E-state index in [-0.39, 0.29) is 17.7 Å². The highest BCUT2D eigenvalue weighted by molar-refractivity contribution is 7.99. The fourth-order valence-electron chi connectivity index (χ4n) is 4.18. The minimum atomic E-state index is -4.36. The minimum absolute atomic E-state index is 0.149. The predicted octanol–water partition coefficient (Wildman–Crippen LogP) is 7.15. The number of halogens is 3. The zero-order chi connectivity index (χ0) is 28.0. The van der Waals surface area contributed by atoms with Crippen molar-refractivity contribution in [2.75, 3.05) is 13.6 Å². The third-order valence-electron chi connectivity index (χ3n) is 5.99. The number of nitrogens with zero attached hydrogens (tertiary/aromatic N) is 1. The molecule has 0 aliphatic rings. The van der Waals surface area contributed by atoms with Crippen LogP contribution in [0.15, 0.2) is 58.4 Å². The summed E-state index contributed by atoms with van der Waals surface area (Å²) in [5.41, 5.74) is 5.51. The van der Waals surface area contributed by atoms with Gasteiger partial charge in [0.05, 0.1) is 17.0 Å². The van der Waals surface area contributed by atoms with E-state index in [1.807, 2.05) is 26.0 Å². The Hall–Kier alpha value is -2.82. The number of carbonyl (C=O) groups excluding carboxylic acids is 1. The average Bonchev–Trinajstić information content (AvgIpc) is 3.34. The van der Waals surface area contributed by atoms with Crippen molar-refractivity contribution in [3.63, 3.8) is 0 Å². The van der Waals surface area contributed by atoms with E-state index in [0.29, 0.717) is 16.6 Å². The first-order valence-electron chi connectivity index (χ1n) is 12.2. The van der Waals surface area contributed by atoms with Gasteiger partial charge in [-0.1, -0.05) is 26.0 Å². The van der Waals surface area contributed by atoms with Crippen LogP contribution in [0, 0.1) is 19.8 Å². The number of amides is 1. The number of benzene rings is 2. The van der Waals surface area contributed by atoms with Gasteiger partial charge in [0, 0.05) is 22.1 Å². The molecule has 0 aliphatic carbocycles. The number of hydrazine groups is 1. The van der Waals surface area contributed by atoms with Gasteiger partial charge in [-0.3, -0.25) is 9.79 Å². The van der Waals surface area contributed by atoms with Gasteiger partial charge in [-0.25, -0.2) is 5.84 Å². The lowest BCUT2D eigenvalue weighted by atomic mass is 9.95. The number of thioether (sulfide) groups is 1. The first-order chi connectivity index (χ1) is 17.9. The number of amidine groups is 1. The molecule has 0 bridgehead atoms. The summed E-state index contributed by atoms with van der Waals surface area (Å²) in [6, 6.07) is 13.3. The van der Waals surface area contributed by atoms with Crippen LogP contribution in [0.2, 0.25) is 0 Å². The normalized spacial score (nSPS) is 13.1. The number of alkyl halides is 3. The Morgan fingerprint density at radius 3 is 2.24 bits per heavy atom. The molecular weight excluding hydrogens is 529 g/mol. The van der Waals surface area contributed by atoms with Crippen molar-refractivity contribution >= 4 is 34.8 Å². The highest BCUT2D eigenvalue weighted by Gasteiger charge is 2.30. The van der Waals surface area contributed by atoms with Crippen LogP contribution in [0.25, 0.3) is 11.1 Å². The standard InChI is InChI=1S/C28H33F3N4OS2/c1-16(2)12-24(22-10-11-23(38-22)27(36)34-15-25(33-5)35-32)37-21-13-17(3)26(18(4)14-21)19-6-8-20(9-7-19)28(29,30)31/h6-11,13-14,16,24H,12,15,32H2,1-5H3,(H,33,35)(H,34,36). The van der Waals surface area contributed by atoms with E-state index in [2.05, 4.69) is 41.7 Å². The molecule has 1 atom stereocenters. The number of carbonyl (C=O) groups is 1. The van der Waals surface area contributed by atoms with Gasteiger partial charge in [0.25, 0.3) is 5.91 Å². The minimum Gasteiger partial charge on any atom is -0.344 e. The molecule has 0 radical (unpaired) electrons. The molecule has 3 rings (SSSR count). The van der Waals surface area contributed by atoms with E-state index >= 15 is 0 Å². The summed E-state index contributed by atoms with van der Waals surface area (Å²) in [4.78, 5) is 19.4. The average molecular weight is 563 g/mol. The smallest absolute Gasteiger partial charge is 0.344 e. The molecule has 0 saturated carbocycles. The molecule has 4 N–H and O–H groups in total. The van der Waals surface area contributed by atoms with Crippen molar-refractivity contribution in [3.8, 4) is 11.1 Å². The van der Waals surface area contributed by atoms with Gasteiger partial charge in [-0.05, 0) is 84.8 Å². The van der Waals surface area contributed by atoms with E-state index in [1.54, 1.807) is 18.8 Å². The summed E-state index contributed by atoms with van der Waals surface area (Å²) >= 11 is 3.22. The molecular formula is C28H33F3N4OS2. The monoisotopic (exact) mass is 562 g/mol. The number of nitrogens with two attached hydrogens (primary N) is 1. The fourth-order valence-corrected chi connectivity index (χ4v) is 6.88. The van der Waals surface area contributed by atoms with Crippen molar-refractivity contribution in [1.29, 1.82) is 0 Å². The fraction of sp³-hybridized carbons (Fsp3) is 0.357. The number of aliphatic imine (C=N–C) groups is 1. The maximum absolute atomic E-state index is 13.0. The van der Waals surface area contributed by atoms with Crippen molar-refractivity contribution in [2.45, 2.75) is 50.4 Å². The number of nitrogens with one attached hydrogen (secondary N) is 2. The van der Waals surface area contributed by atoms with Crippen LogP contribution in [-0.2, 0) is 6.18 Å². The predicted molar refractivity (Wildman–Crippen MR) is 152 cm³/mol. The topological polar surface area (TPSA) is 79.5 Å². The maximum atomic E-state index is 13.0. The molecule has 1 heterocycles. The molecule has 0 saturated heterocycles. The highest BCUT2D eigenvalue weighted by Crippen LogP contribution is 2.44. The molecule has 0 spiro atoms. The quantitative estimate of drug-likeness (QED) is 0.0851. The number of hydrogen-bond acceptors (Lipinski definition) is 5. The summed E-state index contributed by atoms with van der Waals surface area (Å²) in [6.45, 7) is 8.53. The third kappa shape index (κ3) is 7.61. The Labute approximate surface area is 230 Å². The number of aryl methyl sites for hydroxylation is 2. The SMILES string of the molecule is CN=C(CNC(=O)c1ccc(C(CC(C)C)Sc2cc(C)c(-c3ccc(C(F)(F)F)cc3)c(C)c2)s1)NN. The Kier molecular flexibility index (Phi) is 10.0. The Morgan fingerprint density at radius 1 is 1.08 bits per heavy atom. The van der Waals surface area contributed by atoms with Gasteiger partial charge in [0.15, 0.2) is 0 Å². The van der Waals surface area contributed by atoms with Gasteiger partial charge >= 0.3 is 6.18 Å². The van der Waals surface area contributed by atoms with E-state index in [4.69, 9.17) is 5.84 Å². The first-order valence-corrected chi connectivity index (χ1v) is 13.9.